The fourth-order valence-corrected chi connectivity index (χ4v) is 4.30. The van der Waals surface area contributed by atoms with Crippen LogP contribution in [0.15, 0.2) is 66.7 Å². The number of carbonyl (C=O) groups is 1. The molecule has 4 rings (SSSR count). The molecule has 1 amide bonds. The van der Waals surface area contributed by atoms with Gasteiger partial charge in [-0.2, -0.15) is 0 Å². The second-order valence-electron chi connectivity index (χ2n) is 9.05. The van der Waals surface area contributed by atoms with E-state index in [1.54, 1.807) is 38.3 Å². The maximum atomic E-state index is 13.1. The Morgan fingerprint density at radius 2 is 1.70 bits per heavy atom. The number of methoxy groups -OCH3 is 1. The van der Waals surface area contributed by atoms with Crippen LogP contribution in [0, 0.1) is 5.82 Å². The normalized spacial score (nSPS) is 12.1. The monoisotopic (exact) mass is 505 g/mol. The number of aromatic nitrogens is 1. The summed E-state index contributed by atoms with van der Waals surface area (Å²) in [4.78, 5) is 12.4. The van der Waals surface area contributed by atoms with Gasteiger partial charge in [0.05, 0.1) is 23.5 Å². The number of fused-ring (bicyclic) bond motifs is 1. The second kappa shape index (κ2) is 11.3. The first-order chi connectivity index (χ1) is 17.8. The SMILES string of the molecule is COCCOc1ccc2c(N)c(-c3ccc(NC(=O)O[C@H](C)c4ccc(F)cc4)cc3)n(C(C)C)c2c1. The lowest BCUT2D eigenvalue weighted by atomic mass is 10.1. The number of nitrogens with two attached hydrogens (primary N) is 1. The summed E-state index contributed by atoms with van der Waals surface area (Å²) in [6.07, 6.45) is -1.12. The van der Waals surface area contributed by atoms with Crippen molar-refractivity contribution in [3.05, 3.63) is 78.1 Å². The molecule has 194 valence electrons. The Labute approximate surface area is 215 Å². The maximum absolute atomic E-state index is 13.1. The summed E-state index contributed by atoms with van der Waals surface area (Å²) in [6.45, 7) is 6.92. The number of rotatable bonds is 9. The van der Waals surface area contributed by atoms with Crippen LogP contribution in [0.4, 0.5) is 20.6 Å². The number of ether oxygens (including phenoxy) is 3. The lowest BCUT2D eigenvalue weighted by Crippen LogP contribution is -2.16. The molecule has 4 aromatic rings. The molecule has 0 saturated carbocycles. The molecule has 0 fully saturated rings. The van der Waals surface area contributed by atoms with Crippen molar-refractivity contribution in [2.45, 2.75) is 32.9 Å². The van der Waals surface area contributed by atoms with Crippen molar-refractivity contribution in [3.8, 4) is 17.0 Å². The number of amides is 1. The van der Waals surface area contributed by atoms with Gasteiger partial charge >= 0.3 is 6.09 Å². The van der Waals surface area contributed by atoms with Gasteiger partial charge in [0, 0.05) is 35.9 Å². The van der Waals surface area contributed by atoms with Gasteiger partial charge in [-0.3, -0.25) is 5.32 Å². The average Bonchev–Trinajstić information content (AvgIpc) is 3.17. The van der Waals surface area contributed by atoms with Crippen LogP contribution in [-0.4, -0.2) is 31.0 Å². The molecule has 0 bridgehead atoms. The number of benzene rings is 3. The highest BCUT2D eigenvalue weighted by Gasteiger charge is 2.20. The van der Waals surface area contributed by atoms with Gasteiger partial charge in [0.15, 0.2) is 0 Å². The summed E-state index contributed by atoms with van der Waals surface area (Å²) >= 11 is 0. The number of nitrogens with zero attached hydrogens (tertiary/aromatic N) is 1. The molecule has 1 heterocycles. The third kappa shape index (κ3) is 5.86. The van der Waals surface area contributed by atoms with Gasteiger partial charge < -0.3 is 24.5 Å². The van der Waals surface area contributed by atoms with Crippen LogP contribution in [0.5, 0.6) is 5.75 Å². The fraction of sp³-hybridized carbons (Fsp3) is 0.276. The Balaban J connectivity index is 1.54. The summed E-state index contributed by atoms with van der Waals surface area (Å²) in [5.74, 6) is 0.414. The number of nitrogens with one attached hydrogen (secondary N) is 1. The van der Waals surface area contributed by atoms with E-state index in [0.29, 0.717) is 30.2 Å². The van der Waals surface area contributed by atoms with Gasteiger partial charge in [0.1, 0.15) is 24.3 Å². The van der Waals surface area contributed by atoms with Crippen molar-refractivity contribution in [1.29, 1.82) is 0 Å². The van der Waals surface area contributed by atoms with E-state index in [9.17, 15) is 9.18 Å². The highest BCUT2D eigenvalue weighted by atomic mass is 19.1. The Morgan fingerprint density at radius 1 is 1.00 bits per heavy atom. The largest absolute Gasteiger partial charge is 0.491 e. The first-order valence-electron chi connectivity index (χ1n) is 12.2. The van der Waals surface area contributed by atoms with Gasteiger partial charge in [0.25, 0.3) is 0 Å². The van der Waals surface area contributed by atoms with Gasteiger partial charge in [-0.25, -0.2) is 9.18 Å². The van der Waals surface area contributed by atoms with E-state index in [4.69, 9.17) is 19.9 Å². The van der Waals surface area contributed by atoms with Gasteiger partial charge in [0.2, 0.25) is 0 Å². The van der Waals surface area contributed by atoms with E-state index in [0.717, 1.165) is 27.9 Å². The van der Waals surface area contributed by atoms with Crippen molar-refractivity contribution in [1.82, 2.24) is 4.57 Å². The van der Waals surface area contributed by atoms with E-state index in [2.05, 4.69) is 23.7 Å². The summed E-state index contributed by atoms with van der Waals surface area (Å²) in [5, 5.41) is 3.69. The lowest BCUT2D eigenvalue weighted by molar-refractivity contribution is 0.121. The van der Waals surface area contributed by atoms with E-state index >= 15 is 0 Å². The maximum Gasteiger partial charge on any atom is 0.412 e. The molecular weight excluding hydrogens is 473 g/mol. The van der Waals surface area contributed by atoms with Crippen LogP contribution < -0.4 is 15.8 Å². The van der Waals surface area contributed by atoms with Crippen molar-refractivity contribution in [2.75, 3.05) is 31.4 Å². The zero-order valence-electron chi connectivity index (χ0n) is 21.5. The first kappa shape index (κ1) is 26.0. The summed E-state index contributed by atoms with van der Waals surface area (Å²) in [7, 11) is 1.64. The summed E-state index contributed by atoms with van der Waals surface area (Å²) < 4.78 is 31.7. The van der Waals surface area contributed by atoms with Gasteiger partial charge in [-0.1, -0.05) is 24.3 Å². The average molecular weight is 506 g/mol. The molecule has 3 N–H and O–H groups in total. The molecule has 0 aliphatic heterocycles. The highest BCUT2D eigenvalue weighted by Crippen LogP contribution is 2.40. The molecule has 0 radical (unpaired) electrons. The van der Waals surface area contributed by atoms with Crippen LogP contribution >= 0.6 is 0 Å². The van der Waals surface area contributed by atoms with Crippen molar-refractivity contribution in [3.63, 3.8) is 0 Å². The van der Waals surface area contributed by atoms with Gasteiger partial charge in [-0.05, 0) is 62.7 Å². The predicted molar refractivity (Wildman–Crippen MR) is 144 cm³/mol. The minimum absolute atomic E-state index is 0.143. The van der Waals surface area contributed by atoms with Gasteiger partial charge in [-0.15, -0.1) is 0 Å². The quantitative estimate of drug-likeness (QED) is 0.241. The van der Waals surface area contributed by atoms with Crippen molar-refractivity contribution >= 4 is 28.4 Å². The molecule has 0 spiro atoms. The van der Waals surface area contributed by atoms with Crippen LogP contribution in [0.2, 0.25) is 0 Å². The summed E-state index contributed by atoms with van der Waals surface area (Å²) in [6, 6.07) is 19.3. The zero-order valence-corrected chi connectivity index (χ0v) is 21.5. The molecule has 37 heavy (non-hydrogen) atoms. The minimum atomic E-state index is -0.596. The zero-order chi connectivity index (χ0) is 26.5. The van der Waals surface area contributed by atoms with Crippen LogP contribution in [0.25, 0.3) is 22.2 Å². The van der Waals surface area contributed by atoms with Crippen LogP contribution in [0.1, 0.15) is 38.5 Å². The summed E-state index contributed by atoms with van der Waals surface area (Å²) in [5.41, 5.74) is 11.4. The Kier molecular flexibility index (Phi) is 7.98. The number of hydrogen-bond acceptors (Lipinski definition) is 5. The number of carbonyl (C=O) groups excluding carboxylic acids is 1. The smallest absolute Gasteiger partial charge is 0.412 e. The molecule has 3 aromatic carbocycles. The molecule has 0 unspecified atom stereocenters. The van der Waals surface area contributed by atoms with E-state index in [-0.39, 0.29) is 11.9 Å². The van der Waals surface area contributed by atoms with Crippen LogP contribution in [0.3, 0.4) is 0 Å². The lowest BCUT2D eigenvalue weighted by Gasteiger charge is -2.17. The Hall–Kier alpha value is -4.04. The molecule has 1 aromatic heterocycles. The van der Waals surface area contributed by atoms with Crippen LogP contribution in [-0.2, 0) is 9.47 Å². The minimum Gasteiger partial charge on any atom is -0.491 e. The Morgan fingerprint density at radius 3 is 2.35 bits per heavy atom. The second-order valence-corrected chi connectivity index (χ2v) is 9.05. The highest BCUT2D eigenvalue weighted by molar-refractivity contribution is 6.01. The Bertz CT molecular complexity index is 1360. The number of halogens is 1. The fourth-order valence-electron chi connectivity index (χ4n) is 4.30. The molecular formula is C29H32FN3O4. The van der Waals surface area contributed by atoms with Crippen molar-refractivity contribution < 1.29 is 23.4 Å². The molecule has 0 saturated heterocycles. The number of hydrogen-bond donors (Lipinski definition) is 2. The molecule has 8 heteroatoms. The topological polar surface area (TPSA) is 87.7 Å². The third-order valence-corrected chi connectivity index (χ3v) is 6.12. The van der Waals surface area contributed by atoms with Crippen molar-refractivity contribution in [2.24, 2.45) is 0 Å². The standard InChI is InChI=1S/C29H32FN3O4/c1-18(2)33-26-17-24(36-16-15-35-4)13-14-25(26)27(31)28(33)21-7-11-23(12-8-21)32-29(34)37-19(3)20-5-9-22(30)10-6-20/h5-14,17-19H,15-16,31H2,1-4H3,(H,32,34)/t19-/m1/s1. The third-order valence-electron chi connectivity index (χ3n) is 6.12. The molecule has 0 aliphatic rings. The number of anilines is 2. The molecule has 1 atom stereocenters. The predicted octanol–water partition coefficient (Wildman–Crippen LogP) is 6.95. The van der Waals surface area contributed by atoms with E-state index in [1.807, 2.05) is 30.3 Å². The molecule has 0 aliphatic carbocycles. The molecule has 7 nitrogen and oxygen atoms in total. The number of nitrogen functional groups attached to an aromatic ring is 1. The van der Waals surface area contributed by atoms with E-state index < -0.39 is 12.2 Å². The first-order valence-corrected chi connectivity index (χ1v) is 12.2. The van der Waals surface area contributed by atoms with E-state index in [1.165, 1.54) is 12.1 Å².